The summed E-state index contributed by atoms with van der Waals surface area (Å²) < 4.78 is 0. The van der Waals surface area contributed by atoms with Crippen LogP contribution in [0.3, 0.4) is 0 Å². The average Bonchev–Trinajstić information content (AvgIpc) is 2.72. The molecule has 1 aromatic rings. The number of Topliss-reactive ketones (excluding diaryl/α,β-unsaturated/α-hetero) is 1. The SMILES string of the molecule is O=C1CCCC1CCc1ccsc1. The summed E-state index contributed by atoms with van der Waals surface area (Å²) in [6, 6.07) is 2.16. The summed E-state index contributed by atoms with van der Waals surface area (Å²) in [5, 5.41) is 4.28. The van der Waals surface area contributed by atoms with Gasteiger partial charge >= 0.3 is 0 Å². The molecule has 1 saturated carbocycles. The fourth-order valence-electron chi connectivity index (χ4n) is 1.97. The summed E-state index contributed by atoms with van der Waals surface area (Å²) in [4.78, 5) is 11.3. The first-order valence-corrected chi connectivity index (χ1v) is 5.84. The van der Waals surface area contributed by atoms with Crippen LogP contribution in [0, 0.1) is 5.92 Å². The van der Waals surface area contributed by atoms with Gasteiger partial charge in [-0.25, -0.2) is 0 Å². The second kappa shape index (κ2) is 4.05. The van der Waals surface area contributed by atoms with Crippen LogP contribution in [0.15, 0.2) is 16.8 Å². The molecule has 1 aromatic heterocycles. The van der Waals surface area contributed by atoms with Crippen molar-refractivity contribution in [3.05, 3.63) is 22.4 Å². The van der Waals surface area contributed by atoms with Gasteiger partial charge in [0.25, 0.3) is 0 Å². The summed E-state index contributed by atoms with van der Waals surface area (Å²) in [6.45, 7) is 0. The Morgan fingerprint density at radius 1 is 1.54 bits per heavy atom. The van der Waals surface area contributed by atoms with Crippen LogP contribution in [0.4, 0.5) is 0 Å². The van der Waals surface area contributed by atoms with Gasteiger partial charge in [0, 0.05) is 12.3 Å². The van der Waals surface area contributed by atoms with Crippen LogP contribution < -0.4 is 0 Å². The molecule has 0 radical (unpaired) electrons. The van der Waals surface area contributed by atoms with E-state index in [0.29, 0.717) is 11.7 Å². The summed E-state index contributed by atoms with van der Waals surface area (Å²) in [6.07, 6.45) is 5.22. The van der Waals surface area contributed by atoms with E-state index in [2.05, 4.69) is 16.8 Å². The van der Waals surface area contributed by atoms with Crippen molar-refractivity contribution in [1.82, 2.24) is 0 Å². The first-order valence-electron chi connectivity index (χ1n) is 4.90. The molecule has 2 heteroatoms. The van der Waals surface area contributed by atoms with Crippen LogP contribution in [0.2, 0.25) is 0 Å². The van der Waals surface area contributed by atoms with E-state index in [1.807, 2.05) is 0 Å². The van der Waals surface area contributed by atoms with Gasteiger partial charge in [0.2, 0.25) is 0 Å². The van der Waals surface area contributed by atoms with Gasteiger partial charge in [-0.05, 0) is 48.1 Å². The van der Waals surface area contributed by atoms with Gasteiger partial charge in [0.15, 0.2) is 0 Å². The third-order valence-electron chi connectivity index (χ3n) is 2.79. The Labute approximate surface area is 82.8 Å². The van der Waals surface area contributed by atoms with E-state index in [-0.39, 0.29) is 0 Å². The van der Waals surface area contributed by atoms with Gasteiger partial charge in [0.1, 0.15) is 5.78 Å². The van der Waals surface area contributed by atoms with Crippen molar-refractivity contribution in [2.45, 2.75) is 32.1 Å². The van der Waals surface area contributed by atoms with Crippen LogP contribution >= 0.6 is 11.3 Å². The molecule has 1 nitrogen and oxygen atoms in total. The zero-order valence-corrected chi connectivity index (χ0v) is 8.48. The maximum Gasteiger partial charge on any atom is 0.135 e. The normalized spacial score (nSPS) is 22.5. The topological polar surface area (TPSA) is 17.1 Å². The molecule has 70 valence electrons. The minimum atomic E-state index is 0.375. The molecular formula is C11H14OS. The first-order chi connectivity index (χ1) is 6.36. The van der Waals surface area contributed by atoms with Gasteiger partial charge in [-0.2, -0.15) is 11.3 Å². The van der Waals surface area contributed by atoms with Crippen LogP contribution in [-0.2, 0) is 11.2 Å². The largest absolute Gasteiger partial charge is 0.299 e. The lowest BCUT2D eigenvalue weighted by atomic mass is 9.99. The highest BCUT2D eigenvalue weighted by Crippen LogP contribution is 2.25. The summed E-state index contributed by atoms with van der Waals surface area (Å²) >= 11 is 1.74. The Bertz CT molecular complexity index is 276. The number of ketones is 1. The minimum absolute atomic E-state index is 0.375. The quantitative estimate of drug-likeness (QED) is 0.722. The predicted octanol–water partition coefficient (Wildman–Crippen LogP) is 3.05. The highest BCUT2D eigenvalue weighted by atomic mass is 32.1. The second-order valence-electron chi connectivity index (χ2n) is 3.73. The lowest BCUT2D eigenvalue weighted by molar-refractivity contribution is -0.120. The molecule has 1 atom stereocenters. The molecule has 1 heterocycles. The molecule has 13 heavy (non-hydrogen) atoms. The van der Waals surface area contributed by atoms with E-state index in [1.165, 1.54) is 5.56 Å². The Hall–Kier alpha value is -0.630. The zero-order valence-electron chi connectivity index (χ0n) is 7.66. The highest BCUT2D eigenvalue weighted by Gasteiger charge is 2.23. The van der Waals surface area contributed by atoms with Crippen LogP contribution in [0.5, 0.6) is 0 Å². The first kappa shape index (κ1) is 8.95. The molecule has 1 aliphatic carbocycles. The third-order valence-corrected chi connectivity index (χ3v) is 3.52. The minimum Gasteiger partial charge on any atom is -0.299 e. The van der Waals surface area contributed by atoms with Gasteiger partial charge < -0.3 is 0 Å². The lowest BCUT2D eigenvalue weighted by Crippen LogP contribution is -2.06. The number of hydrogen-bond acceptors (Lipinski definition) is 2. The van der Waals surface area contributed by atoms with Crippen molar-refractivity contribution in [2.75, 3.05) is 0 Å². The molecular weight excluding hydrogens is 180 g/mol. The molecule has 0 saturated heterocycles. The average molecular weight is 194 g/mol. The zero-order chi connectivity index (χ0) is 9.10. The lowest BCUT2D eigenvalue weighted by Gasteiger charge is -2.05. The molecule has 2 rings (SSSR count). The van der Waals surface area contributed by atoms with Gasteiger partial charge in [-0.3, -0.25) is 4.79 Å². The van der Waals surface area contributed by atoms with Gasteiger partial charge in [-0.1, -0.05) is 0 Å². The Morgan fingerprint density at radius 3 is 3.08 bits per heavy atom. The summed E-state index contributed by atoms with van der Waals surface area (Å²) in [5.74, 6) is 0.870. The van der Waals surface area contributed by atoms with Crippen LogP contribution in [0.1, 0.15) is 31.2 Å². The molecule has 0 amide bonds. The van der Waals surface area contributed by atoms with Crippen molar-refractivity contribution < 1.29 is 4.79 Å². The Balaban J connectivity index is 1.82. The molecule has 1 unspecified atom stereocenters. The summed E-state index contributed by atoms with van der Waals surface area (Å²) in [5.41, 5.74) is 1.39. The van der Waals surface area contributed by atoms with Gasteiger partial charge in [0.05, 0.1) is 0 Å². The molecule has 0 bridgehead atoms. The Morgan fingerprint density at radius 2 is 2.46 bits per heavy atom. The van der Waals surface area contributed by atoms with E-state index < -0.39 is 0 Å². The van der Waals surface area contributed by atoms with E-state index in [1.54, 1.807) is 11.3 Å². The summed E-state index contributed by atoms with van der Waals surface area (Å²) in [7, 11) is 0. The number of hydrogen-bond donors (Lipinski definition) is 0. The number of carbonyl (C=O) groups is 1. The number of rotatable bonds is 3. The Kier molecular flexibility index (Phi) is 2.79. The fourth-order valence-corrected chi connectivity index (χ4v) is 2.67. The van der Waals surface area contributed by atoms with Crippen LogP contribution in [0.25, 0.3) is 0 Å². The van der Waals surface area contributed by atoms with E-state index >= 15 is 0 Å². The van der Waals surface area contributed by atoms with Crippen LogP contribution in [-0.4, -0.2) is 5.78 Å². The van der Waals surface area contributed by atoms with Crippen molar-refractivity contribution in [3.63, 3.8) is 0 Å². The highest BCUT2D eigenvalue weighted by molar-refractivity contribution is 7.07. The van der Waals surface area contributed by atoms with E-state index in [4.69, 9.17) is 0 Å². The molecule has 1 aliphatic rings. The smallest absolute Gasteiger partial charge is 0.135 e. The number of thiophene rings is 1. The number of aryl methyl sites for hydroxylation is 1. The van der Waals surface area contributed by atoms with E-state index in [0.717, 1.165) is 32.1 Å². The molecule has 0 aromatic carbocycles. The standard InChI is InChI=1S/C11H14OS/c12-11-3-1-2-10(11)5-4-9-6-7-13-8-9/h6-8,10H,1-5H2. The third kappa shape index (κ3) is 2.19. The van der Waals surface area contributed by atoms with E-state index in [9.17, 15) is 4.79 Å². The maximum atomic E-state index is 11.3. The molecule has 1 fully saturated rings. The maximum absolute atomic E-state index is 11.3. The van der Waals surface area contributed by atoms with Crippen molar-refractivity contribution in [3.8, 4) is 0 Å². The number of carbonyl (C=O) groups excluding carboxylic acids is 1. The predicted molar refractivity (Wildman–Crippen MR) is 55.0 cm³/mol. The monoisotopic (exact) mass is 194 g/mol. The van der Waals surface area contributed by atoms with Gasteiger partial charge in [-0.15, -0.1) is 0 Å². The molecule has 0 aliphatic heterocycles. The second-order valence-corrected chi connectivity index (χ2v) is 4.51. The fraction of sp³-hybridized carbons (Fsp3) is 0.545. The van der Waals surface area contributed by atoms with Crippen molar-refractivity contribution in [2.24, 2.45) is 5.92 Å². The van der Waals surface area contributed by atoms with Crippen molar-refractivity contribution >= 4 is 17.1 Å². The molecule has 0 spiro atoms. The molecule has 0 N–H and O–H groups in total. The van der Waals surface area contributed by atoms with Crippen molar-refractivity contribution in [1.29, 1.82) is 0 Å².